The number of hydrogen-bond donors (Lipinski definition) is 0. The minimum atomic E-state index is 0.119. The molecular weight excluding hydrogens is 366 g/mol. The molecule has 1 saturated heterocycles. The summed E-state index contributed by atoms with van der Waals surface area (Å²) in [4.78, 5) is 11.5. The fourth-order valence-corrected chi connectivity index (χ4v) is 4.12. The lowest BCUT2D eigenvalue weighted by Gasteiger charge is -2.32. The van der Waals surface area contributed by atoms with E-state index in [0.29, 0.717) is 5.92 Å². The van der Waals surface area contributed by atoms with Crippen LogP contribution in [0.1, 0.15) is 43.9 Å². The Labute approximate surface area is 171 Å². The van der Waals surface area contributed by atoms with Crippen molar-refractivity contribution in [1.29, 1.82) is 0 Å². The second-order valence-corrected chi connectivity index (χ2v) is 7.96. The number of nitrogens with zero attached hydrogens (tertiary/aromatic N) is 5. The number of hydrogen-bond acceptors (Lipinski definition) is 6. The minimum absolute atomic E-state index is 0.119. The molecule has 0 saturated carbocycles. The number of rotatable bonds is 6. The van der Waals surface area contributed by atoms with Gasteiger partial charge in [0.25, 0.3) is 0 Å². The van der Waals surface area contributed by atoms with Gasteiger partial charge in [0.05, 0.1) is 18.9 Å². The van der Waals surface area contributed by atoms with Gasteiger partial charge in [-0.05, 0) is 50.9 Å². The van der Waals surface area contributed by atoms with Crippen LogP contribution < -0.4 is 9.47 Å². The molecule has 1 aliphatic rings. The molecule has 0 bridgehead atoms. The van der Waals surface area contributed by atoms with Crippen molar-refractivity contribution < 1.29 is 9.47 Å². The van der Waals surface area contributed by atoms with E-state index in [2.05, 4.69) is 27.0 Å². The highest BCUT2D eigenvalue weighted by atomic mass is 16.5. The number of benzene rings is 1. The molecule has 0 aliphatic carbocycles. The first-order valence-electron chi connectivity index (χ1n) is 10.2. The SMILES string of the molecule is COc1cc(CN2CCC[C@H](c3nn(C)c4nccnc34)C2)ccc1OC(C)C. The monoisotopic (exact) mass is 395 g/mol. The van der Waals surface area contributed by atoms with Crippen LogP contribution in [0.5, 0.6) is 11.5 Å². The summed E-state index contributed by atoms with van der Waals surface area (Å²) in [7, 11) is 3.63. The van der Waals surface area contributed by atoms with Crippen LogP contribution in [0.3, 0.4) is 0 Å². The largest absolute Gasteiger partial charge is 0.493 e. The van der Waals surface area contributed by atoms with Crippen molar-refractivity contribution in [1.82, 2.24) is 24.6 Å². The van der Waals surface area contributed by atoms with E-state index in [9.17, 15) is 0 Å². The number of methoxy groups -OCH3 is 1. The zero-order chi connectivity index (χ0) is 20.4. The van der Waals surface area contributed by atoms with Crippen LogP contribution >= 0.6 is 0 Å². The van der Waals surface area contributed by atoms with Crippen molar-refractivity contribution in [2.45, 2.75) is 45.3 Å². The molecular formula is C22H29N5O2. The Morgan fingerprint density at radius 2 is 2.00 bits per heavy atom. The second kappa shape index (κ2) is 8.37. The molecule has 29 heavy (non-hydrogen) atoms. The number of likely N-dealkylation sites (tertiary alicyclic amines) is 1. The van der Waals surface area contributed by atoms with Crippen molar-refractivity contribution in [3.05, 3.63) is 41.9 Å². The van der Waals surface area contributed by atoms with Crippen LogP contribution in [0.25, 0.3) is 11.2 Å². The van der Waals surface area contributed by atoms with Gasteiger partial charge in [-0.3, -0.25) is 4.90 Å². The smallest absolute Gasteiger partial charge is 0.176 e. The Kier molecular flexibility index (Phi) is 5.67. The number of aromatic nitrogens is 4. The number of fused-ring (bicyclic) bond motifs is 1. The maximum atomic E-state index is 5.84. The predicted molar refractivity (Wildman–Crippen MR) is 112 cm³/mol. The Morgan fingerprint density at radius 3 is 2.79 bits per heavy atom. The average Bonchev–Trinajstić information content (AvgIpc) is 3.06. The van der Waals surface area contributed by atoms with Gasteiger partial charge >= 0.3 is 0 Å². The molecule has 0 spiro atoms. The van der Waals surface area contributed by atoms with Crippen LogP contribution in [0, 0.1) is 0 Å². The normalized spacial score (nSPS) is 17.8. The maximum Gasteiger partial charge on any atom is 0.176 e. The summed E-state index contributed by atoms with van der Waals surface area (Å²) in [5.74, 6) is 1.95. The quantitative estimate of drug-likeness (QED) is 0.636. The number of aryl methyl sites for hydroxylation is 1. The fourth-order valence-electron chi connectivity index (χ4n) is 4.12. The Morgan fingerprint density at radius 1 is 1.17 bits per heavy atom. The topological polar surface area (TPSA) is 65.3 Å². The Bertz CT molecular complexity index is 984. The second-order valence-electron chi connectivity index (χ2n) is 7.96. The highest BCUT2D eigenvalue weighted by Crippen LogP contribution is 2.32. The zero-order valence-corrected chi connectivity index (χ0v) is 17.6. The molecule has 0 N–H and O–H groups in total. The van der Waals surface area contributed by atoms with Crippen LogP contribution in [-0.2, 0) is 13.6 Å². The van der Waals surface area contributed by atoms with Gasteiger partial charge in [0.15, 0.2) is 17.1 Å². The van der Waals surface area contributed by atoms with E-state index in [-0.39, 0.29) is 6.10 Å². The fraction of sp³-hybridized carbons (Fsp3) is 0.500. The van der Waals surface area contributed by atoms with Crippen molar-refractivity contribution >= 4 is 11.2 Å². The molecule has 3 aromatic rings. The standard InChI is InChI=1S/C22H29N5O2/c1-15(2)29-18-8-7-16(12-19(18)28-4)13-27-11-5-6-17(14-27)20-21-22(26(3)25-20)24-10-9-23-21/h7-10,12,15,17H,5-6,11,13-14H2,1-4H3/t17-/m0/s1. The molecule has 1 fully saturated rings. The molecule has 1 atom stereocenters. The van der Waals surface area contributed by atoms with Gasteiger partial charge in [-0.15, -0.1) is 0 Å². The van der Waals surface area contributed by atoms with E-state index in [0.717, 1.165) is 60.8 Å². The Hall–Kier alpha value is -2.67. The van der Waals surface area contributed by atoms with Crippen LogP contribution in [-0.4, -0.2) is 51.0 Å². The van der Waals surface area contributed by atoms with Gasteiger partial charge in [0, 0.05) is 38.4 Å². The molecule has 7 heteroatoms. The minimum Gasteiger partial charge on any atom is -0.493 e. The van der Waals surface area contributed by atoms with Crippen LogP contribution in [0.4, 0.5) is 0 Å². The molecule has 0 amide bonds. The third-order valence-corrected chi connectivity index (χ3v) is 5.37. The van der Waals surface area contributed by atoms with Crippen LogP contribution in [0.2, 0.25) is 0 Å². The first-order chi connectivity index (χ1) is 14.0. The summed E-state index contributed by atoms with van der Waals surface area (Å²) in [5, 5.41) is 4.75. The summed E-state index contributed by atoms with van der Waals surface area (Å²) in [6.45, 7) is 6.97. The van der Waals surface area contributed by atoms with E-state index in [4.69, 9.17) is 14.6 Å². The molecule has 4 rings (SSSR count). The highest BCUT2D eigenvalue weighted by molar-refractivity contribution is 5.73. The molecule has 1 aromatic carbocycles. The van der Waals surface area contributed by atoms with Crippen molar-refractivity contribution in [3.8, 4) is 11.5 Å². The first kappa shape index (κ1) is 19.6. The lowest BCUT2D eigenvalue weighted by atomic mass is 9.94. The molecule has 1 aliphatic heterocycles. The van der Waals surface area contributed by atoms with E-state index in [1.807, 2.05) is 31.6 Å². The average molecular weight is 396 g/mol. The third kappa shape index (κ3) is 4.19. The first-order valence-corrected chi connectivity index (χ1v) is 10.2. The molecule has 0 radical (unpaired) electrons. The predicted octanol–water partition coefficient (Wildman–Crippen LogP) is 3.54. The van der Waals surface area contributed by atoms with Crippen molar-refractivity contribution in [2.24, 2.45) is 7.05 Å². The third-order valence-electron chi connectivity index (χ3n) is 5.37. The zero-order valence-electron chi connectivity index (χ0n) is 17.6. The Balaban J connectivity index is 1.50. The summed E-state index contributed by atoms with van der Waals surface area (Å²) in [6, 6.07) is 6.23. The summed E-state index contributed by atoms with van der Waals surface area (Å²) in [6.07, 6.45) is 5.87. The summed E-state index contributed by atoms with van der Waals surface area (Å²) >= 11 is 0. The van der Waals surface area contributed by atoms with Crippen molar-refractivity contribution in [2.75, 3.05) is 20.2 Å². The highest BCUT2D eigenvalue weighted by Gasteiger charge is 2.26. The molecule has 7 nitrogen and oxygen atoms in total. The van der Waals surface area contributed by atoms with E-state index in [1.54, 1.807) is 19.5 Å². The lowest BCUT2D eigenvalue weighted by molar-refractivity contribution is 0.198. The van der Waals surface area contributed by atoms with Gasteiger partial charge in [0.2, 0.25) is 0 Å². The lowest BCUT2D eigenvalue weighted by Crippen LogP contribution is -2.34. The van der Waals surface area contributed by atoms with Gasteiger partial charge in [0.1, 0.15) is 5.52 Å². The van der Waals surface area contributed by atoms with Gasteiger partial charge < -0.3 is 9.47 Å². The van der Waals surface area contributed by atoms with Crippen molar-refractivity contribution in [3.63, 3.8) is 0 Å². The van der Waals surface area contributed by atoms with E-state index in [1.165, 1.54) is 5.56 Å². The van der Waals surface area contributed by atoms with Crippen LogP contribution in [0.15, 0.2) is 30.6 Å². The maximum absolute atomic E-state index is 5.84. The molecule has 2 aromatic heterocycles. The molecule has 154 valence electrons. The molecule has 0 unspecified atom stereocenters. The van der Waals surface area contributed by atoms with Gasteiger partial charge in [-0.1, -0.05) is 6.07 Å². The molecule has 3 heterocycles. The van der Waals surface area contributed by atoms with Gasteiger partial charge in [-0.25, -0.2) is 14.6 Å². The van der Waals surface area contributed by atoms with E-state index >= 15 is 0 Å². The number of piperidine rings is 1. The number of ether oxygens (including phenoxy) is 2. The van der Waals surface area contributed by atoms with Gasteiger partial charge in [-0.2, -0.15) is 5.10 Å². The van der Waals surface area contributed by atoms with E-state index < -0.39 is 0 Å². The summed E-state index contributed by atoms with van der Waals surface area (Å²) in [5.41, 5.74) is 4.08. The summed E-state index contributed by atoms with van der Waals surface area (Å²) < 4.78 is 13.2.